The van der Waals surface area contributed by atoms with E-state index in [-0.39, 0.29) is 19.5 Å². The molecule has 1 heterocycles. The van der Waals surface area contributed by atoms with Crippen LogP contribution in [0.1, 0.15) is 13.3 Å². The Balaban J connectivity index is 2.10. The van der Waals surface area contributed by atoms with Crippen LogP contribution in [0.3, 0.4) is 0 Å². The largest absolute Gasteiger partial charge is 0.481 e. The Morgan fingerprint density at radius 1 is 1.29 bits per heavy atom. The summed E-state index contributed by atoms with van der Waals surface area (Å²) in [5, 5.41) is 11.2. The molecule has 1 unspecified atom stereocenters. The molecule has 8 heteroatoms. The highest BCUT2D eigenvalue weighted by Crippen LogP contribution is 2.30. The second-order valence-electron chi connectivity index (χ2n) is 5.19. The van der Waals surface area contributed by atoms with Crippen molar-refractivity contribution in [3.8, 4) is 0 Å². The first-order valence-corrected chi connectivity index (χ1v) is 6.17. The van der Waals surface area contributed by atoms with Crippen LogP contribution in [0.25, 0.3) is 0 Å². The SMILES string of the molecule is CC1(C(=O)O)CCN(C(=O)Nc2ccc(F)c(F)c2F)C1. The van der Waals surface area contributed by atoms with Crippen LogP contribution in [0, 0.1) is 22.9 Å². The number of nitrogens with zero attached hydrogens (tertiary/aromatic N) is 1. The maximum absolute atomic E-state index is 13.4. The highest BCUT2D eigenvalue weighted by atomic mass is 19.2. The molecule has 0 bridgehead atoms. The fourth-order valence-corrected chi connectivity index (χ4v) is 2.13. The van der Waals surface area contributed by atoms with Gasteiger partial charge in [0.15, 0.2) is 17.5 Å². The summed E-state index contributed by atoms with van der Waals surface area (Å²) in [6.45, 7) is 1.64. The van der Waals surface area contributed by atoms with Gasteiger partial charge in [-0.25, -0.2) is 18.0 Å². The van der Waals surface area contributed by atoms with Gasteiger partial charge in [-0.3, -0.25) is 4.79 Å². The molecular formula is C13H13F3N2O3. The highest BCUT2D eigenvalue weighted by molar-refractivity contribution is 5.90. The Kier molecular flexibility index (Phi) is 3.80. The molecule has 1 aliphatic rings. The normalized spacial score (nSPS) is 21.4. The van der Waals surface area contributed by atoms with Gasteiger partial charge in [-0.1, -0.05) is 0 Å². The van der Waals surface area contributed by atoms with Gasteiger partial charge in [0.25, 0.3) is 0 Å². The molecule has 0 saturated carbocycles. The fourth-order valence-electron chi connectivity index (χ4n) is 2.13. The Morgan fingerprint density at radius 2 is 1.95 bits per heavy atom. The number of hydrogen-bond donors (Lipinski definition) is 2. The molecule has 0 radical (unpaired) electrons. The summed E-state index contributed by atoms with van der Waals surface area (Å²) < 4.78 is 39.3. The lowest BCUT2D eigenvalue weighted by molar-refractivity contribution is -0.146. The van der Waals surface area contributed by atoms with Gasteiger partial charge in [0, 0.05) is 13.1 Å². The van der Waals surface area contributed by atoms with Crippen molar-refractivity contribution in [2.45, 2.75) is 13.3 Å². The number of halogens is 3. The quantitative estimate of drug-likeness (QED) is 0.824. The Bertz CT molecular complexity index is 609. The minimum atomic E-state index is -1.68. The fraction of sp³-hybridized carbons (Fsp3) is 0.385. The van der Waals surface area contributed by atoms with Gasteiger partial charge in [0.2, 0.25) is 0 Å². The van der Waals surface area contributed by atoms with Crippen molar-refractivity contribution in [3.63, 3.8) is 0 Å². The minimum Gasteiger partial charge on any atom is -0.481 e. The summed E-state index contributed by atoms with van der Waals surface area (Å²) in [5.74, 6) is -5.56. The van der Waals surface area contributed by atoms with Crippen LogP contribution in [0.5, 0.6) is 0 Å². The van der Waals surface area contributed by atoms with Crippen LogP contribution in [0.4, 0.5) is 23.7 Å². The zero-order valence-corrected chi connectivity index (χ0v) is 11.1. The molecular weight excluding hydrogens is 289 g/mol. The van der Waals surface area contributed by atoms with Crippen molar-refractivity contribution in [2.24, 2.45) is 5.41 Å². The lowest BCUT2D eigenvalue weighted by atomic mass is 9.90. The van der Waals surface area contributed by atoms with E-state index in [1.807, 2.05) is 0 Å². The monoisotopic (exact) mass is 302 g/mol. The summed E-state index contributed by atoms with van der Waals surface area (Å²) in [6.07, 6.45) is 0.260. The number of carbonyl (C=O) groups excluding carboxylic acids is 1. The third kappa shape index (κ3) is 2.79. The molecule has 2 rings (SSSR count). The van der Waals surface area contributed by atoms with E-state index < -0.39 is 40.6 Å². The first-order chi connectivity index (χ1) is 9.74. The van der Waals surface area contributed by atoms with Gasteiger partial charge in [0.1, 0.15) is 0 Å². The van der Waals surface area contributed by atoms with Crippen LogP contribution >= 0.6 is 0 Å². The molecule has 0 aliphatic carbocycles. The molecule has 1 aromatic carbocycles. The predicted molar refractivity (Wildman–Crippen MR) is 67.3 cm³/mol. The van der Waals surface area contributed by atoms with Crippen LogP contribution < -0.4 is 5.32 Å². The highest BCUT2D eigenvalue weighted by Gasteiger charge is 2.42. The van der Waals surface area contributed by atoms with Gasteiger partial charge in [-0.15, -0.1) is 0 Å². The Morgan fingerprint density at radius 3 is 2.52 bits per heavy atom. The molecule has 2 N–H and O–H groups in total. The lowest BCUT2D eigenvalue weighted by Crippen LogP contribution is -2.37. The topological polar surface area (TPSA) is 69.6 Å². The molecule has 5 nitrogen and oxygen atoms in total. The smallest absolute Gasteiger partial charge is 0.321 e. The van der Waals surface area contributed by atoms with Crippen molar-refractivity contribution >= 4 is 17.7 Å². The summed E-state index contributed by atoms with van der Waals surface area (Å²) in [6, 6.07) is 0.835. The molecule has 1 atom stereocenters. The number of nitrogens with one attached hydrogen (secondary N) is 1. The number of carboxylic acids is 1. The van der Waals surface area contributed by atoms with Crippen LogP contribution in [-0.2, 0) is 4.79 Å². The van der Waals surface area contributed by atoms with E-state index in [9.17, 15) is 22.8 Å². The third-order valence-corrected chi connectivity index (χ3v) is 3.55. The molecule has 1 aromatic rings. The molecule has 114 valence electrons. The van der Waals surface area contributed by atoms with Crippen molar-refractivity contribution in [2.75, 3.05) is 18.4 Å². The van der Waals surface area contributed by atoms with Gasteiger partial charge in [-0.05, 0) is 25.5 Å². The first kappa shape index (κ1) is 15.1. The number of carboxylic acid groups (broad SMARTS) is 1. The first-order valence-electron chi connectivity index (χ1n) is 6.17. The van der Waals surface area contributed by atoms with Crippen molar-refractivity contribution < 1.29 is 27.9 Å². The number of hydrogen-bond acceptors (Lipinski definition) is 2. The Hall–Kier alpha value is -2.25. The van der Waals surface area contributed by atoms with E-state index in [2.05, 4.69) is 5.32 Å². The summed E-state index contributed by atoms with van der Waals surface area (Å²) in [7, 11) is 0. The number of urea groups is 1. The minimum absolute atomic E-state index is 0.0422. The van der Waals surface area contributed by atoms with Crippen molar-refractivity contribution in [1.82, 2.24) is 4.90 Å². The van der Waals surface area contributed by atoms with Crippen molar-refractivity contribution in [3.05, 3.63) is 29.6 Å². The lowest BCUT2D eigenvalue weighted by Gasteiger charge is -2.20. The zero-order chi connectivity index (χ0) is 15.8. The second kappa shape index (κ2) is 5.27. The van der Waals surface area contributed by atoms with E-state index in [0.717, 1.165) is 6.07 Å². The van der Waals surface area contributed by atoms with E-state index in [0.29, 0.717) is 6.07 Å². The van der Waals surface area contributed by atoms with Gasteiger partial charge < -0.3 is 15.3 Å². The van der Waals surface area contributed by atoms with E-state index in [4.69, 9.17) is 5.11 Å². The molecule has 1 aliphatic heterocycles. The number of benzene rings is 1. The molecule has 0 spiro atoms. The van der Waals surface area contributed by atoms with E-state index in [1.165, 1.54) is 11.8 Å². The standard InChI is InChI=1S/C13H13F3N2O3/c1-13(11(19)20)4-5-18(6-13)12(21)17-8-3-2-7(14)9(15)10(8)16/h2-3H,4-6H2,1H3,(H,17,21)(H,19,20). The van der Waals surface area contributed by atoms with Gasteiger partial charge in [0.05, 0.1) is 11.1 Å². The molecule has 1 fully saturated rings. The van der Waals surface area contributed by atoms with E-state index >= 15 is 0 Å². The number of anilines is 1. The van der Waals surface area contributed by atoms with Crippen molar-refractivity contribution in [1.29, 1.82) is 0 Å². The number of rotatable bonds is 2. The Labute approximate surface area is 118 Å². The summed E-state index contributed by atoms with van der Waals surface area (Å²) in [4.78, 5) is 24.2. The summed E-state index contributed by atoms with van der Waals surface area (Å²) >= 11 is 0. The molecule has 1 saturated heterocycles. The average Bonchev–Trinajstić information content (AvgIpc) is 2.84. The van der Waals surface area contributed by atoms with Crippen LogP contribution in [-0.4, -0.2) is 35.1 Å². The number of likely N-dealkylation sites (tertiary alicyclic amines) is 1. The van der Waals surface area contributed by atoms with Crippen LogP contribution in [0.2, 0.25) is 0 Å². The molecule has 21 heavy (non-hydrogen) atoms. The maximum Gasteiger partial charge on any atom is 0.321 e. The summed E-state index contributed by atoms with van der Waals surface area (Å²) in [5.41, 5.74) is -1.56. The number of amides is 2. The maximum atomic E-state index is 13.4. The van der Waals surface area contributed by atoms with E-state index in [1.54, 1.807) is 0 Å². The van der Waals surface area contributed by atoms with Gasteiger partial charge in [-0.2, -0.15) is 0 Å². The van der Waals surface area contributed by atoms with Gasteiger partial charge >= 0.3 is 12.0 Å². The predicted octanol–water partition coefficient (Wildman–Crippen LogP) is 2.43. The number of aliphatic carboxylic acids is 1. The molecule has 0 aromatic heterocycles. The second-order valence-corrected chi connectivity index (χ2v) is 5.19. The number of carbonyl (C=O) groups is 2. The molecule has 2 amide bonds. The average molecular weight is 302 g/mol. The zero-order valence-electron chi connectivity index (χ0n) is 11.1. The van der Waals surface area contributed by atoms with Crippen LogP contribution in [0.15, 0.2) is 12.1 Å². The third-order valence-electron chi connectivity index (χ3n) is 3.55.